The second-order valence-electron chi connectivity index (χ2n) is 4.51. The number of hydrogen-bond acceptors (Lipinski definition) is 3. The van der Waals surface area contributed by atoms with E-state index in [2.05, 4.69) is 0 Å². The van der Waals surface area contributed by atoms with E-state index in [0.717, 1.165) is 5.69 Å². The number of carbonyl (C=O) groups excluding carboxylic acids is 1. The van der Waals surface area contributed by atoms with Gasteiger partial charge in [-0.05, 0) is 35.9 Å². The van der Waals surface area contributed by atoms with E-state index in [1.807, 2.05) is 30.3 Å². The summed E-state index contributed by atoms with van der Waals surface area (Å²) in [6.07, 6.45) is 0.119. The Kier molecular flexibility index (Phi) is 2.84. The van der Waals surface area contributed by atoms with E-state index in [-0.39, 0.29) is 17.2 Å². The second-order valence-corrected chi connectivity index (χ2v) is 5.93. The topological polar surface area (TPSA) is 74.7 Å². The molecule has 0 atom stereocenters. The van der Waals surface area contributed by atoms with Gasteiger partial charge in [0.1, 0.15) is 0 Å². The molecule has 20 heavy (non-hydrogen) atoms. The van der Waals surface area contributed by atoms with Crippen LogP contribution in [0.1, 0.15) is 5.56 Å². The highest BCUT2D eigenvalue weighted by molar-refractivity contribution is 7.85. The molecule has 102 valence electrons. The third kappa shape index (κ3) is 2.09. The minimum absolute atomic E-state index is 0.119. The van der Waals surface area contributed by atoms with Crippen LogP contribution < -0.4 is 4.90 Å². The van der Waals surface area contributed by atoms with Crippen LogP contribution in [0.15, 0.2) is 53.4 Å². The van der Waals surface area contributed by atoms with Gasteiger partial charge in [-0.1, -0.05) is 18.2 Å². The van der Waals surface area contributed by atoms with Gasteiger partial charge in [-0.25, -0.2) is 0 Å². The number of rotatable bonds is 2. The molecule has 0 spiro atoms. The molecule has 0 unspecified atom stereocenters. The molecule has 0 aromatic heterocycles. The number of hydrogen-bond donors (Lipinski definition) is 1. The summed E-state index contributed by atoms with van der Waals surface area (Å²) >= 11 is 0. The Bertz CT molecular complexity index is 784. The lowest BCUT2D eigenvalue weighted by molar-refractivity contribution is -0.116. The number of fused-ring (bicyclic) bond motifs is 1. The van der Waals surface area contributed by atoms with Gasteiger partial charge in [0.05, 0.1) is 17.0 Å². The number of nitrogens with zero attached hydrogens (tertiary/aromatic N) is 1. The van der Waals surface area contributed by atoms with E-state index in [1.165, 1.54) is 18.2 Å². The summed E-state index contributed by atoms with van der Waals surface area (Å²) in [7, 11) is -4.25. The molecule has 1 heterocycles. The fourth-order valence-electron chi connectivity index (χ4n) is 2.32. The first-order valence-electron chi connectivity index (χ1n) is 5.95. The Morgan fingerprint density at radius 3 is 2.40 bits per heavy atom. The third-order valence-corrected chi connectivity index (χ3v) is 4.04. The molecule has 0 radical (unpaired) electrons. The van der Waals surface area contributed by atoms with E-state index in [4.69, 9.17) is 4.55 Å². The molecule has 1 aliphatic rings. The van der Waals surface area contributed by atoms with Crippen LogP contribution in [0, 0.1) is 0 Å². The Morgan fingerprint density at radius 1 is 1.05 bits per heavy atom. The van der Waals surface area contributed by atoms with Gasteiger partial charge in [0.2, 0.25) is 5.91 Å². The van der Waals surface area contributed by atoms with Crippen molar-refractivity contribution in [2.24, 2.45) is 0 Å². The zero-order valence-corrected chi connectivity index (χ0v) is 11.2. The molecule has 2 aromatic carbocycles. The van der Waals surface area contributed by atoms with Crippen LogP contribution in [0.2, 0.25) is 0 Å². The summed E-state index contributed by atoms with van der Waals surface area (Å²) in [5, 5.41) is 0. The lowest BCUT2D eigenvalue weighted by Crippen LogP contribution is -2.20. The number of anilines is 2. The van der Waals surface area contributed by atoms with Crippen molar-refractivity contribution in [2.75, 3.05) is 4.90 Å². The van der Waals surface area contributed by atoms with Gasteiger partial charge in [-0.15, -0.1) is 0 Å². The van der Waals surface area contributed by atoms with E-state index in [0.29, 0.717) is 11.3 Å². The summed E-state index contributed by atoms with van der Waals surface area (Å²) in [6, 6.07) is 13.3. The number of amides is 1. The molecule has 5 nitrogen and oxygen atoms in total. The molecular formula is C14H11NO4S. The van der Waals surface area contributed by atoms with Gasteiger partial charge in [-0.3, -0.25) is 14.2 Å². The average molecular weight is 289 g/mol. The lowest BCUT2D eigenvalue weighted by Gasteiger charge is -2.17. The molecular weight excluding hydrogens is 278 g/mol. The summed E-state index contributed by atoms with van der Waals surface area (Å²) < 4.78 is 31.3. The minimum Gasteiger partial charge on any atom is -0.282 e. The van der Waals surface area contributed by atoms with Crippen molar-refractivity contribution in [3.05, 3.63) is 54.1 Å². The second kappa shape index (κ2) is 4.43. The quantitative estimate of drug-likeness (QED) is 0.860. The van der Waals surface area contributed by atoms with E-state index < -0.39 is 10.1 Å². The number of para-hydroxylation sites is 1. The fraction of sp³-hybridized carbons (Fsp3) is 0.0714. The molecule has 0 fully saturated rings. The maximum Gasteiger partial charge on any atom is 0.294 e. The standard InChI is InChI=1S/C14H11NO4S/c16-14-9-10-8-12(20(17,18)19)6-7-13(10)15(14)11-4-2-1-3-5-11/h1-8H,9H2,(H,17,18,19). The number of carbonyl (C=O) groups is 1. The highest BCUT2D eigenvalue weighted by Crippen LogP contribution is 2.36. The van der Waals surface area contributed by atoms with E-state index >= 15 is 0 Å². The molecule has 0 aliphatic carbocycles. The highest BCUT2D eigenvalue weighted by atomic mass is 32.2. The lowest BCUT2D eigenvalue weighted by atomic mass is 10.2. The van der Waals surface area contributed by atoms with Crippen molar-refractivity contribution in [1.29, 1.82) is 0 Å². The molecule has 1 amide bonds. The Morgan fingerprint density at radius 2 is 1.75 bits per heavy atom. The predicted molar refractivity (Wildman–Crippen MR) is 73.5 cm³/mol. The largest absolute Gasteiger partial charge is 0.294 e. The molecule has 3 rings (SSSR count). The Hall–Kier alpha value is -2.18. The summed E-state index contributed by atoms with van der Waals surface area (Å²) in [5.41, 5.74) is 1.97. The van der Waals surface area contributed by atoms with E-state index in [9.17, 15) is 13.2 Å². The monoisotopic (exact) mass is 289 g/mol. The maximum atomic E-state index is 12.1. The summed E-state index contributed by atoms with van der Waals surface area (Å²) in [5.74, 6) is -0.126. The van der Waals surface area contributed by atoms with Gasteiger partial charge >= 0.3 is 0 Å². The van der Waals surface area contributed by atoms with Crippen molar-refractivity contribution in [3.8, 4) is 0 Å². The zero-order valence-electron chi connectivity index (χ0n) is 10.4. The van der Waals surface area contributed by atoms with Gasteiger partial charge in [0.25, 0.3) is 10.1 Å². The SMILES string of the molecule is O=C1Cc2cc(S(=O)(=O)O)ccc2N1c1ccccc1. The molecule has 0 saturated heterocycles. The first kappa shape index (κ1) is 12.8. The molecule has 1 N–H and O–H groups in total. The van der Waals surface area contributed by atoms with Crippen LogP contribution in [-0.4, -0.2) is 18.9 Å². The van der Waals surface area contributed by atoms with Gasteiger partial charge < -0.3 is 0 Å². The normalized spacial score (nSPS) is 14.4. The van der Waals surface area contributed by atoms with Crippen LogP contribution in [0.3, 0.4) is 0 Å². The first-order valence-corrected chi connectivity index (χ1v) is 7.39. The molecule has 6 heteroatoms. The predicted octanol–water partition coefficient (Wildman–Crippen LogP) is 2.15. The maximum absolute atomic E-state index is 12.1. The molecule has 2 aromatic rings. The van der Waals surface area contributed by atoms with Crippen LogP contribution in [-0.2, 0) is 21.3 Å². The van der Waals surface area contributed by atoms with Gasteiger partial charge in [-0.2, -0.15) is 8.42 Å². The van der Waals surface area contributed by atoms with Crippen molar-refractivity contribution >= 4 is 27.4 Å². The van der Waals surface area contributed by atoms with Gasteiger partial charge in [0, 0.05) is 5.69 Å². The molecule has 1 aliphatic heterocycles. The molecule has 0 bridgehead atoms. The third-order valence-electron chi connectivity index (χ3n) is 3.20. The van der Waals surface area contributed by atoms with Gasteiger partial charge in [0.15, 0.2) is 0 Å². The van der Waals surface area contributed by atoms with Crippen molar-refractivity contribution < 1.29 is 17.8 Å². The van der Waals surface area contributed by atoms with Crippen LogP contribution in [0.5, 0.6) is 0 Å². The Balaban J connectivity index is 2.11. The average Bonchev–Trinajstić information content (AvgIpc) is 2.73. The highest BCUT2D eigenvalue weighted by Gasteiger charge is 2.29. The first-order chi connectivity index (χ1) is 9.47. The fourth-order valence-corrected chi connectivity index (χ4v) is 2.85. The summed E-state index contributed by atoms with van der Waals surface area (Å²) in [4.78, 5) is 13.5. The van der Waals surface area contributed by atoms with Crippen molar-refractivity contribution in [1.82, 2.24) is 0 Å². The van der Waals surface area contributed by atoms with Crippen LogP contribution in [0.4, 0.5) is 11.4 Å². The van der Waals surface area contributed by atoms with E-state index in [1.54, 1.807) is 4.90 Å². The zero-order chi connectivity index (χ0) is 14.3. The van der Waals surface area contributed by atoms with Crippen molar-refractivity contribution in [3.63, 3.8) is 0 Å². The summed E-state index contributed by atoms with van der Waals surface area (Å²) in [6.45, 7) is 0. The van der Waals surface area contributed by atoms with Crippen LogP contribution >= 0.6 is 0 Å². The Labute approximate surface area is 116 Å². The van der Waals surface area contributed by atoms with Crippen LogP contribution in [0.25, 0.3) is 0 Å². The van der Waals surface area contributed by atoms with Crippen molar-refractivity contribution in [2.45, 2.75) is 11.3 Å². The molecule has 0 saturated carbocycles. The minimum atomic E-state index is -4.25. The number of benzene rings is 2. The smallest absolute Gasteiger partial charge is 0.282 e.